The minimum Gasteiger partial charge on any atom is -0.353 e. The lowest BCUT2D eigenvalue weighted by molar-refractivity contribution is 0.319. The molecule has 2 heterocycles. The van der Waals surface area contributed by atoms with Crippen LogP contribution < -0.4 is 4.90 Å². The number of fused-ring (bicyclic) bond motifs is 1. The summed E-state index contributed by atoms with van der Waals surface area (Å²) in [6, 6.07) is 16.1. The van der Waals surface area contributed by atoms with Crippen LogP contribution in [0.3, 0.4) is 0 Å². The van der Waals surface area contributed by atoms with Crippen molar-refractivity contribution in [3.05, 3.63) is 83.4 Å². The van der Waals surface area contributed by atoms with Crippen LogP contribution in [0.15, 0.2) is 60.9 Å². The molecule has 0 aliphatic carbocycles. The predicted molar refractivity (Wildman–Crippen MR) is 130 cm³/mol. The van der Waals surface area contributed by atoms with Crippen molar-refractivity contribution in [2.75, 3.05) is 17.7 Å². The van der Waals surface area contributed by atoms with Gasteiger partial charge in [-0.2, -0.15) is 9.57 Å². The third-order valence-corrected chi connectivity index (χ3v) is 8.07. The monoisotopic (exact) mass is 499 g/mol. The molecule has 0 saturated heterocycles. The fraction of sp³-hybridized carbons (Fsp3) is 0.304. The molecule has 9 nitrogen and oxygen atoms in total. The summed E-state index contributed by atoms with van der Waals surface area (Å²) in [5, 5.41) is 8.54. The molecule has 2 N–H and O–H groups in total. The lowest BCUT2D eigenvalue weighted by Gasteiger charge is -2.35. The molecule has 2 aromatic carbocycles. The van der Waals surface area contributed by atoms with Gasteiger partial charge in [-0.3, -0.25) is 0 Å². The van der Waals surface area contributed by atoms with Gasteiger partial charge in [0.15, 0.2) is 11.1 Å². The van der Waals surface area contributed by atoms with E-state index in [1.165, 1.54) is 10.6 Å². The molecule has 34 heavy (non-hydrogen) atoms. The zero-order chi connectivity index (χ0) is 24.3. The molecular formula is C23H25N5O4S2. The van der Waals surface area contributed by atoms with E-state index in [2.05, 4.69) is 16.0 Å². The maximum absolute atomic E-state index is 12.9. The quantitative estimate of drug-likeness (QED) is 0.477. The molecule has 0 fully saturated rings. The van der Waals surface area contributed by atoms with Gasteiger partial charge in [-0.05, 0) is 35.7 Å². The Morgan fingerprint density at radius 1 is 1.29 bits per heavy atom. The SMILES string of the molecule is CS(=O)(=O)N1Cc2cc(C#N)ccc2N(C(Cc2ncc[nH]2)S(=O)O)C[C@H]1Cc1ccccc1. The number of benzene rings is 2. The highest BCUT2D eigenvalue weighted by atomic mass is 32.2. The Morgan fingerprint density at radius 3 is 2.68 bits per heavy atom. The van der Waals surface area contributed by atoms with Gasteiger partial charge >= 0.3 is 0 Å². The Balaban J connectivity index is 1.83. The molecule has 0 saturated carbocycles. The van der Waals surface area contributed by atoms with Crippen molar-refractivity contribution in [2.45, 2.75) is 30.8 Å². The van der Waals surface area contributed by atoms with E-state index in [1.807, 2.05) is 30.3 Å². The number of sulfonamides is 1. The second kappa shape index (κ2) is 10.1. The van der Waals surface area contributed by atoms with Gasteiger partial charge in [0.2, 0.25) is 10.0 Å². The topological polar surface area (TPSA) is 130 Å². The summed E-state index contributed by atoms with van der Waals surface area (Å²) in [5.41, 5.74) is 2.58. The molecule has 178 valence electrons. The zero-order valence-electron chi connectivity index (χ0n) is 18.5. The van der Waals surface area contributed by atoms with Crippen LogP contribution in [0, 0.1) is 11.3 Å². The van der Waals surface area contributed by atoms with Gasteiger partial charge in [0.25, 0.3) is 0 Å². The Labute approximate surface area is 201 Å². The van der Waals surface area contributed by atoms with Gasteiger partial charge in [0.1, 0.15) is 11.2 Å². The number of H-pyrrole nitrogens is 1. The first-order valence-corrected chi connectivity index (χ1v) is 13.7. The molecule has 11 heteroatoms. The van der Waals surface area contributed by atoms with Gasteiger partial charge in [0, 0.05) is 43.6 Å². The number of anilines is 1. The predicted octanol–water partition coefficient (Wildman–Crippen LogP) is 2.26. The number of nitriles is 1. The number of imidazole rings is 1. The lowest BCUT2D eigenvalue weighted by atomic mass is 10.1. The minimum absolute atomic E-state index is 0.0588. The molecular weight excluding hydrogens is 474 g/mol. The fourth-order valence-corrected chi connectivity index (χ4v) is 6.13. The standard InChI is InChI=1S/C23H25N5O4S2/c1-34(31,32)28-15-19-11-18(14-24)7-8-21(19)27(16-20(28)12-17-5-3-2-4-6-17)23(33(29)30)13-22-25-9-10-26-22/h2-11,20,23H,12-13,15-16H2,1H3,(H,25,26)(H,29,30)/t20-,23?/m1/s1. The number of nitrogens with one attached hydrogen (secondary N) is 1. The van der Waals surface area contributed by atoms with Crippen LogP contribution in [0.1, 0.15) is 22.5 Å². The summed E-state index contributed by atoms with van der Waals surface area (Å²) in [7, 11) is -3.63. The molecule has 3 aromatic rings. The van der Waals surface area contributed by atoms with Crippen molar-refractivity contribution in [2.24, 2.45) is 0 Å². The van der Waals surface area contributed by atoms with Gasteiger partial charge in [-0.25, -0.2) is 17.6 Å². The molecule has 0 radical (unpaired) electrons. The van der Waals surface area contributed by atoms with E-state index in [4.69, 9.17) is 0 Å². The third kappa shape index (κ3) is 5.37. The Kier molecular flexibility index (Phi) is 7.13. The number of aromatic amines is 1. The molecule has 1 aliphatic rings. The molecule has 0 spiro atoms. The number of hydrogen-bond donors (Lipinski definition) is 2. The van der Waals surface area contributed by atoms with Gasteiger partial charge in [-0.1, -0.05) is 30.3 Å². The largest absolute Gasteiger partial charge is 0.353 e. The molecule has 1 aromatic heterocycles. The Hall–Kier alpha value is -3.04. The molecule has 4 rings (SSSR count). The van der Waals surface area contributed by atoms with Crippen LogP contribution >= 0.6 is 0 Å². The summed E-state index contributed by atoms with van der Waals surface area (Å²) in [4.78, 5) is 8.96. The van der Waals surface area contributed by atoms with Crippen LogP contribution in [0.5, 0.6) is 0 Å². The Bertz CT molecular complexity index is 1310. The summed E-state index contributed by atoms with van der Waals surface area (Å²) < 4.78 is 50.0. The van der Waals surface area contributed by atoms with Crippen molar-refractivity contribution in [3.63, 3.8) is 0 Å². The van der Waals surface area contributed by atoms with Crippen LogP contribution in [-0.2, 0) is 40.5 Å². The van der Waals surface area contributed by atoms with Crippen LogP contribution in [0.4, 0.5) is 5.69 Å². The Morgan fingerprint density at radius 2 is 2.06 bits per heavy atom. The van der Waals surface area contributed by atoms with E-state index in [0.717, 1.165) is 5.56 Å². The van der Waals surface area contributed by atoms with Gasteiger partial charge in [0.05, 0.1) is 17.9 Å². The summed E-state index contributed by atoms with van der Waals surface area (Å²) >= 11 is -2.27. The zero-order valence-corrected chi connectivity index (χ0v) is 20.2. The highest BCUT2D eigenvalue weighted by molar-refractivity contribution is 7.88. The van der Waals surface area contributed by atoms with Crippen LogP contribution in [0.25, 0.3) is 0 Å². The summed E-state index contributed by atoms with van der Waals surface area (Å²) in [5.74, 6) is 0.548. The van der Waals surface area contributed by atoms with Crippen molar-refractivity contribution in [1.82, 2.24) is 14.3 Å². The highest BCUT2D eigenvalue weighted by Crippen LogP contribution is 2.33. The minimum atomic E-state index is -3.63. The van der Waals surface area contributed by atoms with E-state index in [1.54, 1.807) is 35.5 Å². The van der Waals surface area contributed by atoms with Crippen LogP contribution in [-0.4, -0.2) is 55.7 Å². The van der Waals surface area contributed by atoms with Crippen molar-refractivity contribution in [1.29, 1.82) is 5.26 Å². The number of rotatable bonds is 7. The molecule has 3 atom stereocenters. The second-order valence-corrected chi connectivity index (χ2v) is 11.3. The highest BCUT2D eigenvalue weighted by Gasteiger charge is 2.37. The third-order valence-electron chi connectivity index (χ3n) is 5.90. The van der Waals surface area contributed by atoms with E-state index in [9.17, 15) is 22.4 Å². The van der Waals surface area contributed by atoms with E-state index < -0.39 is 32.5 Å². The molecule has 1 aliphatic heterocycles. The molecule has 0 bridgehead atoms. The first-order chi connectivity index (χ1) is 16.3. The molecule has 0 amide bonds. The van der Waals surface area contributed by atoms with Crippen molar-refractivity contribution < 1.29 is 17.2 Å². The maximum atomic E-state index is 12.9. The smallest absolute Gasteiger partial charge is 0.211 e. The van der Waals surface area contributed by atoms with Gasteiger partial charge < -0.3 is 14.4 Å². The second-order valence-electron chi connectivity index (χ2n) is 8.23. The van der Waals surface area contributed by atoms with Crippen LogP contribution in [0.2, 0.25) is 0 Å². The fourth-order valence-electron chi connectivity index (χ4n) is 4.35. The number of nitrogens with zero attached hydrogens (tertiary/aromatic N) is 4. The van der Waals surface area contributed by atoms with Crippen molar-refractivity contribution >= 4 is 26.8 Å². The lowest BCUT2D eigenvalue weighted by Crippen LogP contribution is -2.49. The van der Waals surface area contributed by atoms with E-state index >= 15 is 0 Å². The van der Waals surface area contributed by atoms with Gasteiger partial charge in [-0.15, -0.1) is 0 Å². The van der Waals surface area contributed by atoms with E-state index in [0.29, 0.717) is 29.1 Å². The number of aromatic nitrogens is 2. The first kappa shape index (κ1) is 24.1. The average Bonchev–Trinajstić information content (AvgIpc) is 3.26. The van der Waals surface area contributed by atoms with E-state index in [-0.39, 0.29) is 19.5 Å². The normalized spacial score (nSPS) is 18.5. The summed E-state index contributed by atoms with van der Waals surface area (Å²) in [6.07, 6.45) is 4.97. The number of hydrogen-bond acceptors (Lipinski definition) is 6. The maximum Gasteiger partial charge on any atom is 0.211 e. The molecule has 2 unspecified atom stereocenters. The summed E-state index contributed by atoms with van der Waals surface area (Å²) in [6.45, 7) is 0.252. The van der Waals surface area contributed by atoms with Crippen molar-refractivity contribution in [3.8, 4) is 6.07 Å². The first-order valence-electron chi connectivity index (χ1n) is 10.6. The average molecular weight is 500 g/mol.